The number of nitrogens with one attached hydrogen (secondary N) is 1. The Morgan fingerprint density at radius 2 is 1.86 bits per heavy atom. The van der Waals surface area contributed by atoms with E-state index in [4.69, 9.17) is 5.11 Å². The molecule has 1 aromatic carbocycles. The highest BCUT2D eigenvalue weighted by atomic mass is 19.4. The van der Waals surface area contributed by atoms with Crippen molar-refractivity contribution < 1.29 is 41.0 Å². The predicted molar refractivity (Wildman–Crippen MR) is 57.6 cm³/mol. The first kappa shape index (κ1) is 17.1. The van der Waals surface area contributed by atoms with Gasteiger partial charge >= 0.3 is 18.5 Å². The lowest BCUT2D eigenvalue weighted by atomic mass is 10.1. The van der Waals surface area contributed by atoms with Crippen LogP contribution in [0.3, 0.4) is 0 Å². The van der Waals surface area contributed by atoms with Crippen molar-refractivity contribution in [1.29, 1.82) is 0 Å². The van der Waals surface area contributed by atoms with E-state index < -0.39 is 36.8 Å². The molecule has 0 saturated heterocycles. The summed E-state index contributed by atoms with van der Waals surface area (Å²) in [4.78, 5) is 10.9. The molecule has 0 bridgehead atoms. The van der Waals surface area contributed by atoms with Crippen molar-refractivity contribution in [3.05, 3.63) is 29.8 Å². The Balaban J connectivity index is 2.93. The monoisotopic (exact) mass is 317 g/mol. The fraction of sp³-hybridized carbons (Fsp3) is 0.364. The second-order valence-corrected chi connectivity index (χ2v) is 3.89. The maximum Gasteiger partial charge on any atom is 0.573 e. The molecule has 1 aromatic rings. The molecular formula is C11H9F6NO3. The molecule has 0 heterocycles. The summed E-state index contributed by atoms with van der Waals surface area (Å²) in [7, 11) is 0. The number of hydrogen-bond donors (Lipinski definition) is 2. The minimum Gasteiger partial charge on any atom is -0.480 e. The molecule has 1 atom stereocenters. The van der Waals surface area contributed by atoms with Crippen molar-refractivity contribution in [1.82, 2.24) is 5.32 Å². The van der Waals surface area contributed by atoms with Gasteiger partial charge in [-0.05, 0) is 17.7 Å². The molecule has 0 aromatic heterocycles. The molecule has 1 rings (SSSR count). The number of ether oxygens (including phenoxy) is 1. The van der Waals surface area contributed by atoms with E-state index in [2.05, 4.69) is 4.74 Å². The number of aliphatic carboxylic acids is 1. The summed E-state index contributed by atoms with van der Waals surface area (Å²) in [6, 6.07) is 1.91. The normalized spacial score (nSPS) is 13.8. The van der Waals surface area contributed by atoms with Crippen LogP contribution in [0.2, 0.25) is 0 Å². The van der Waals surface area contributed by atoms with Crippen LogP contribution in [0.15, 0.2) is 24.3 Å². The van der Waals surface area contributed by atoms with Crippen LogP contribution in [0, 0.1) is 0 Å². The Hall–Kier alpha value is -1.97. The van der Waals surface area contributed by atoms with E-state index in [9.17, 15) is 31.1 Å². The highest BCUT2D eigenvalue weighted by Gasteiger charge is 2.33. The standard InChI is InChI=1S/C11H9F6NO3/c12-10(13,14)5-18-8(9(19)20)6-2-1-3-7(4-6)21-11(15,16)17/h1-4,8,18H,5H2,(H,19,20). The fourth-order valence-electron chi connectivity index (χ4n) is 1.46. The van der Waals surface area contributed by atoms with Crippen molar-refractivity contribution in [2.24, 2.45) is 0 Å². The fourth-order valence-corrected chi connectivity index (χ4v) is 1.46. The number of carboxylic acids is 1. The van der Waals surface area contributed by atoms with Crippen molar-refractivity contribution in [3.63, 3.8) is 0 Å². The van der Waals surface area contributed by atoms with Crippen molar-refractivity contribution in [3.8, 4) is 5.75 Å². The van der Waals surface area contributed by atoms with Gasteiger partial charge in [0, 0.05) is 0 Å². The summed E-state index contributed by atoms with van der Waals surface area (Å²) < 4.78 is 75.9. The second kappa shape index (κ2) is 6.20. The smallest absolute Gasteiger partial charge is 0.480 e. The van der Waals surface area contributed by atoms with Crippen LogP contribution in [0.25, 0.3) is 0 Å². The zero-order chi connectivity index (χ0) is 16.3. The molecule has 0 aliphatic carbocycles. The quantitative estimate of drug-likeness (QED) is 0.820. The average Bonchev–Trinajstić information content (AvgIpc) is 2.25. The first-order valence-corrected chi connectivity index (χ1v) is 5.36. The highest BCUT2D eigenvalue weighted by molar-refractivity contribution is 5.75. The van der Waals surface area contributed by atoms with Gasteiger partial charge in [-0.2, -0.15) is 13.2 Å². The van der Waals surface area contributed by atoms with Gasteiger partial charge in [0.15, 0.2) is 0 Å². The Morgan fingerprint density at radius 3 is 2.33 bits per heavy atom. The lowest BCUT2D eigenvalue weighted by molar-refractivity contribution is -0.274. The van der Waals surface area contributed by atoms with Crippen LogP contribution in [-0.4, -0.2) is 30.2 Å². The van der Waals surface area contributed by atoms with E-state index >= 15 is 0 Å². The Kier molecular flexibility index (Phi) is 5.05. The van der Waals surface area contributed by atoms with Crippen LogP contribution >= 0.6 is 0 Å². The SMILES string of the molecule is O=C(O)C(NCC(F)(F)F)c1cccc(OC(F)(F)F)c1. The number of alkyl halides is 6. The highest BCUT2D eigenvalue weighted by Crippen LogP contribution is 2.26. The third-order valence-corrected chi connectivity index (χ3v) is 2.18. The lowest BCUT2D eigenvalue weighted by Crippen LogP contribution is -2.36. The summed E-state index contributed by atoms with van der Waals surface area (Å²) in [6.45, 7) is -1.60. The molecule has 21 heavy (non-hydrogen) atoms. The lowest BCUT2D eigenvalue weighted by Gasteiger charge is -2.17. The summed E-state index contributed by atoms with van der Waals surface area (Å²) in [5, 5.41) is 10.6. The number of carboxylic acid groups (broad SMARTS) is 1. The molecule has 0 spiro atoms. The molecule has 10 heteroatoms. The van der Waals surface area contributed by atoms with Gasteiger partial charge in [-0.15, -0.1) is 13.2 Å². The van der Waals surface area contributed by atoms with E-state index in [1.165, 1.54) is 0 Å². The van der Waals surface area contributed by atoms with Gasteiger partial charge in [0.1, 0.15) is 11.8 Å². The van der Waals surface area contributed by atoms with Crippen LogP contribution < -0.4 is 10.1 Å². The molecule has 0 amide bonds. The molecule has 1 unspecified atom stereocenters. The number of benzene rings is 1. The van der Waals surface area contributed by atoms with Gasteiger partial charge in [0.2, 0.25) is 0 Å². The van der Waals surface area contributed by atoms with Crippen LogP contribution in [0.4, 0.5) is 26.3 Å². The van der Waals surface area contributed by atoms with Gasteiger partial charge in [-0.25, -0.2) is 0 Å². The van der Waals surface area contributed by atoms with E-state index in [1.54, 1.807) is 5.32 Å². The maximum absolute atomic E-state index is 12.1. The van der Waals surface area contributed by atoms with E-state index in [0.717, 1.165) is 18.2 Å². The third-order valence-electron chi connectivity index (χ3n) is 2.18. The summed E-state index contributed by atoms with van der Waals surface area (Å²) in [5.74, 6) is -2.39. The van der Waals surface area contributed by atoms with Crippen molar-refractivity contribution >= 4 is 5.97 Å². The summed E-state index contributed by atoms with van der Waals surface area (Å²) in [5.41, 5.74) is -0.298. The molecule has 0 saturated carbocycles. The van der Waals surface area contributed by atoms with Crippen LogP contribution in [-0.2, 0) is 4.79 Å². The molecule has 0 aliphatic heterocycles. The van der Waals surface area contributed by atoms with Gasteiger partial charge in [0.05, 0.1) is 6.54 Å². The van der Waals surface area contributed by atoms with E-state index in [0.29, 0.717) is 6.07 Å². The Morgan fingerprint density at radius 1 is 1.24 bits per heavy atom. The average molecular weight is 317 g/mol. The summed E-state index contributed by atoms with van der Waals surface area (Å²) in [6.07, 6.45) is -9.65. The largest absolute Gasteiger partial charge is 0.573 e. The zero-order valence-electron chi connectivity index (χ0n) is 10.1. The molecule has 4 nitrogen and oxygen atoms in total. The molecule has 2 N–H and O–H groups in total. The van der Waals surface area contributed by atoms with Gasteiger partial charge < -0.3 is 9.84 Å². The first-order valence-electron chi connectivity index (χ1n) is 5.36. The molecule has 0 aliphatic rings. The number of hydrogen-bond acceptors (Lipinski definition) is 3. The minimum absolute atomic E-state index is 0.298. The molecular weight excluding hydrogens is 308 g/mol. The Bertz CT molecular complexity index is 499. The predicted octanol–water partition coefficient (Wildman–Crippen LogP) is 2.86. The zero-order valence-corrected chi connectivity index (χ0v) is 10.1. The Labute approximate surface area is 114 Å². The van der Waals surface area contributed by atoms with Gasteiger partial charge in [0.25, 0.3) is 0 Å². The van der Waals surface area contributed by atoms with E-state index in [-0.39, 0.29) is 5.56 Å². The molecule has 0 fully saturated rings. The minimum atomic E-state index is -4.99. The topological polar surface area (TPSA) is 58.6 Å². The summed E-state index contributed by atoms with van der Waals surface area (Å²) >= 11 is 0. The number of rotatable bonds is 5. The second-order valence-electron chi connectivity index (χ2n) is 3.89. The third kappa shape index (κ3) is 6.34. The number of halogens is 6. The maximum atomic E-state index is 12.1. The van der Waals surface area contributed by atoms with Crippen molar-refractivity contribution in [2.75, 3.05) is 6.54 Å². The molecule has 118 valence electrons. The van der Waals surface area contributed by atoms with Crippen molar-refractivity contribution in [2.45, 2.75) is 18.6 Å². The van der Waals surface area contributed by atoms with E-state index in [1.807, 2.05) is 0 Å². The number of carbonyl (C=O) groups is 1. The van der Waals surface area contributed by atoms with Gasteiger partial charge in [-0.3, -0.25) is 10.1 Å². The van der Waals surface area contributed by atoms with Gasteiger partial charge in [-0.1, -0.05) is 12.1 Å². The van der Waals surface area contributed by atoms with Crippen LogP contribution in [0.1, 0.15) is 11.6 Å². The first-order chi connectivity index (χ1) is 9.48. The molecule has 0 radical (unpaired) electrons. The van der Waals surface area contributed by atoms with Crippen LogP contribution in [0.5, 0.6) is 5.75 Å².